The third-order valence-corrected chi connectivity index (χ3v) is 5.21. The molecule has 19 heavy (non-hydrogen) atoms. The molecule has 1 saturated carbocycles. The average Bonchev–Trinajstić information content (AvgIpc) is 2.99. The largest absolute Gasteiger partial charge is 0.481 e. The van der Waals surface area contributed by atoms with Gasteiger partial charge in [0.2, 0.25) is 5.91 Å². The van der Waals surface area contributed by atoms with Gasteiger partial charge in [0.1, 0.15) is 11.5 Å². The first-order chi connectivity index (χ1) is 9.03. The van der Waals surface area contributed by atoms with Gasteiger partial charge in [-0.2, -0.15) is 0 Å². The van der Waals surface area contributed by atoms with Crippen molar-refractivity contribution in [2.24, 2.45) is 17.8 Å². The van der Waals surface area contributed by atoms with Crippen LogP contribution in [0.15, 0.2) is 12.2 Å². The Morgan fingerprint density at radius 3 is 2.95 bits per heavy atom. The number of likely N-dealkylation sites (tertiary alicyclic amines) is 1. The molecular formula is C14H17NO4. The van der Waals surface area contributed by atoms with E-state index in [2.05, 4.69) is 6.92 Å². The van der Waals surface area contributed by atoms with Gasteiger partial charge >= 0.3 is 5.97 Å². The number of hydrogen-bond acceptors (Lipinski definition) is 3. The zero-order chi connectivity index (χ0) is 13.4. The molecular weight excluding hydrogens is 246 g/mol. The molecule has 0 aromatic carbocycles. The van der Waals surface area contributed by atoms with Crippen molar-refractivity contribution in [3.05, 3.63) is 12.2 Å². The Morgan fingerprint density at radius 1 is 1.58 bits per heavy atom. The molecule has 5 unspecified atom stereocenters. The highest BCUT2D eigenvalue weighted by Gasteiger charge is 2.67. The lowest BCUT2D eigenvalue weighted by molar-refractivity contribution is -0.148. The van der Waals surface area contributed by atoms with Gasteiger partial charge in [-0.1, -0.05) is 12.2 Å². The standard InChI is InChI=1S/C14H17NO4/c1-7(8-2-3-8)15-6-14-5-4-9(19-14)10(13(17)18)11(14)12(15)16/h4-5,7-11H,2-3,6H2,1H3,(H,17,18). The number of carbonyl (C=O) groups is 2. The molecule has 2 saturated heterocycles. The van der Waals surface area contributed by atoms with Crippen molar-refractivity contribution in [3.8, 4) is 0 Å². The van der Waals surface area contributed by atoms with Gasteiger partial charge in [0.25, 0.3) is 0 Å². The first-order valence-corrected chi connectivity index (χ1v) is 6.94. The second-order valence-corrected chi connectivity index (χ2v) is 6.28. The Labute approximate surface area is 111 Å². The Kier molecular flexibility index (Phi) is 2.05. The van der Waals surface area contributed by atoms with Crippen LogP contribution < -0.4 is 0 Å². The number of aliphatic carboxylic acids is 1. The molecule has 102 valence electrons. The van der Waals surface area contributed by atoms with Crippen molar-refractivity contribution < 1.29 is 19.4 Å². The lowest BCUT2D eigenvalue weighted by Crippen LogP contribution is -2.41. The highest BCUT2D eigenvalue weighted by atomic mass is 16.5. The van der Waals surface area contributed by atoms with E-state index in [0.29, 0.717) is 12.5 Å². The van der Waals surface area contributed by atoms with E-state index in [1.54, 1.807) is 0 Å². The minimum absolute atomic E-state index is 0.0290. The van der Waals surface area contributed by atoms with E-state index < -0.39 is 29.5 Å². The van der Waals surface area contributed by atoms with Gasteiger partial charge in [0, 0.05) is 6.04 Å². The van der Waals surface area contributed by atoms with Gasteiger partial charge in [-0.25, -0.2) is 0 Å². The summed E-state index contributed by atoms with van der Waals surface area (Å²) in [5.74, 6) is -1.60. The average molecular weight is 263 g/mol. The summed E-state index contributed by atoms with van der Waals surface area (Å²) in [5, 5.41) is 9.36. The molecule has 3 heterocycles. The van der Waals surface area contributed by atoms with Crippen molar-refractivity contribution in [2.75, 3.05) is 6.54 Å². The molecule has 1 amide bonds. The maximum Gasteiger partial charge on any atom is 0.310 e. The van der Waals surface area contributed by atoms with Gasteiger partial charge in [0.05, 0.1) is 18.6 Å². The Balaban J connectivity index is 1.68. The topological polar surface area (TPSA) is 66.8 Å². The predicted octanol–water partition coefficient (Wildman–Crippen LogP) is 0.651. The second-order valence-electron chi connectivity index (χ2n) is 6.28. The summed E-state index contributed by atoms with van der Waals surface area (Å²) in [6.45, 7) is 2.59. The maximum atomic E-state index is 12.6. The number of carboxylic acids is 1. The molecule has 5 nitrogen and oxygen atoms in total. The monoisotopic (exact) mass is 263 g/mol. The van der Waals surface area contributed by atoms with E-state index in [4.69, 9.17) is 4.74 Å². The van der Waals surface area contributed by atoms with Crippen LogP contribution in [0.3, 0.4) is 0 Å². The minimum Gasteiger partial charge on any atom is -0.481 e. The number of ether oxygens (including phenoxy) is 1. The first-order valence-electron chi connectivity index (χ1n) is 6.94. The van der Waals surface area contributed by atoms with E-state index in [0.717, 1.165) is 0 Å². The van der Waals surface area contributed by atoms with E-state index in [-0.39, 0.29) is 11.9 Å². The molecule has 0 aromatic rings. The molecule has 4 rings (SSSR count). The third-order valence-electron chi connectivity index (χ3n) is 5.21. The van der Waals surface area contributed by atoms with Gasteiger partial charge < -0.3 is 14.7 Å². The number of hydrogen-bond donors (Lipinski definition) is 1. The Morgan fingerprint density at radius 2 is 2.32 bits per heavy atom. The fraction of sp³-hybridized carbons (Fsp3) is 0.714. The summed E-state index contributed by atoms with van der Waals surface area (Å²) in [6.07, 6.45) is 5.65. The van der Waals surface area contributed by atoms with Crippen LogP contribution in [-0.2, 0) is 14.3 Å². The van der Waals surface area contributed by atoms with Crippen LogP contribution in [0, 0.1) is 17.8 Å². The molecule has 2 bridgehead atoms. The SMILES string of the molecule is CC(C1CC1)N1CC23C=CC(O2)C(C(=O)O)C3C1=O. The van der Waals surface area contributed by atoms with Crippen LogP contribution in [0.2, 0.25) is 0 Å². The number of carboxylic acid groups (broad SMARTS) is 1. The van der Waals surface area contributed by atoms with Crippen LogP contribution in [0.5, 0.6) is 0 Å². The van der Waals surface area contributed by atoms with Crippen molar-refractivity contribution in [1.82, 2.24) is 4.90 Å². The van der Waals surface area contributed by atoms with E-state index >= 15 is 0 Å². The van der Waals surface area contributed by atoms with Gasteiger partial charge in [-0.15, -0.1) is 0 Å². The molecule has 3 aliphatic heterocycles. The molecule has 1 aliphatic carbocycles. The van der Waals surface area contributed by atoms with Crippen LogP contribution in [0.4, 0.5) is 0 Å². The molecule has 0 radical (unpaired) electrons. The lowest BCUT2D eigenvalue weighted by atomic mass is 9.77. The van der Waals surface area contributed by atoms with Crippen molar-refractivity contribution in [1.29, 1.82) is 0 Å². The smallest absolute Gasteiger partial charge is 0.310 e. The molecule has 4 aliphatic rings. The summed E-state index contributed by atoms with van der Waals surface area (Å²) >= 11 is 0. The van der Waals surface area contributed by atoms with Crippen LogP contribution in [0.1, 0.15) is 19.8 Å². The zero-order valence-electron chi connectivity index (χ0n) is 10.8. The Hall–Kier alpha value is -1.36. The lowest BCUT2D eigenvalue weighted by Gasteiger charge is -2.27. The number of fused-ring (bicyclic) bond motifs is 1. The van der Waals surface area contributed by atoms with Crippen molar-refractivity contribution >= 4 is 11.9 Å². The quantitative estimate of drug-likeness (QED) is 0.759. The predicted molar refractivity (Wildman–Crippen MR) is 65.3 cm³/mol. The van der Waals surface area contributed by atoms with Crippen LogP contribution >= 0.6 is 0 Å². The highest BCUT2D eigenvalue weighted by Crippen LogP contribution is 2.53. The number of rotatable bonds is 3. The second kappa shape index (κ2) is 3.39. The number of amides is 1. The van der Waals surface area contributed by atoms with E-state index in [1.165, 1.54) is 12.8 Å². The summed E-state index contributed by atoms with van der Waals surface area (Å²) in [4.78, 5) is 25.9. The normalized spacial score (nSPS) is 44.8. The van der Waals surface area contributed by atoms with Gasteiger partial charge in [-0.3, -0.25) is 9.59 Å². The summed E-state index contributed by atoms with van der Waals surface area (Å²) in [5.41, 5.74) is -0.673. The van der Waals surface area contributed by atoms with Crippen LogP contribution in [-0.4, -0.2) is 46.2 Å². The summed E-state index contributed by atoms with van der Waals surface area (Å²) < 4.78 is 5.85. The fourth-order valence-corrected chi connectivity index (χ4v) is 3.99. The van der Waals surface area contributed by atoms with Gasteiger partial charge in [-0.05, 0) is 25.7 Å². The third kappa shape index (κ3) is 1.34. The molecule has 1 N–H and O–H groups in total. The molecule has 3 fully saturated rings. The Bertz CT molecular complexity index is 498. The summed E-state index contributed by atoms with van der Waals surface area (Å²) in [7, 11) is 0. The van der Waals surface area contributed by atoms with Crippen molar-refractivity contribution in [2.45, 2.75) is 37.5 Å². The van der Waals surface area contributed by atoms with E-state index in [9.17, 15) is 14.7 Å². The number of carbonyl (C=O) groups excluding carboxylic acids is 1. The molecule has 0 aromatic heterocycles. The minimum atomic E-state index is -0.921. The maximum absolute atomic E-state index is 12.6. The summed E-state index contributed by atoms with van der Waals surface area (Å²) in [6, 6.07) is 0.206. The molecule has 1 spiro atoms. The zero-order valence-corrected chi connectivity index (χ0v) is 10.8. The van der Waals surface area contributed by atoms with Gasteiger partial charge in [0.15, 0.2) is 0 Å². The number of nitrogens with zero attached hydrogens (tertiary/aromatic N) is 1. The highest BCUT2D eigenvalue weighted by molar-refractivity contribution is 5.91. The van der Waals surface area contributed by atoms with Crippen molar-refractivity contribution in [3.63, 3.8) is 0 Å². The molecule has 5 atom stereocenters. The fourth-order valence-electron chi connectivity index (χ4n) is 3.99. The first kappa shape index (κ1) is 11.5. The van der Waals surface area contributed by atoms with Crippen LogP contribution in [0.25, 0.3) is 0 Å². The molecule has 5 heteroatoms. The van der Waals surface area contributed by atoms with E-state index in [1.807, 2.05) is 17.1 Å².